The predicted octanol–water partition coefficient (Wildman–Crippen LogP) is 1.53. The molecule has 1 aromatic carbocycles. The predicted molar refractivity (Wildman–Crippen MR) is 63.5 cm³/mol. The molecule has 17 heavy (non-hydrogen) atoms. The van der Waals surface area contributed by atoms with Gasteiger partial charge in [0.2, 0.25) is 0 Å². The summed E-state index contributed by atoms with van der Waals surface area (Å²) in [6, 6.07) is 3.28. The van der Waals surface area contributed by atoms with Gasteiger partial charge in [-0.05, 0) is 26.0 Å². The highest BCUT2D eigenvalue weighted by molar-refractivity contribution is 7.90. The highest BCUT2D eigenvalue weighted by Gasteiger charge is 2.23. The third-order valence-electron chi connectivity index (χ3n) is 2.33. The van der Waals surface area contributed by atoms with Crippen LogP contribution in [0.1, 0.15) is 13.8 Å². The summed E-state index contributed by atoms with van der Waals surface area (Å²) in [5, 5.41) is 9.39. The number of para-hydroxylation sites is 1. The van der Waals surface area contributed by atoms with Crippen LogP contribution in [0, 0.1) is 5.82 Å². The van der Waals surface area contributed by atoms with E-state index in [-0.39, 0.29) is 6.04 Å². The van der Waals surface area contributed by atoms with Gasteiger partial charge in [0.1, 0.15) is 11.4 Å². The molecule has 0 radical (unpaired) electrons. The van der Waals surface area contributed by atoms with Gasteiger partial charge in [0.15, 0.2) is 5.82 Å². The zero-order valence-corrected chi connectivity index (χ0v) is 10.6. The lowest BCUT2D eigenvalue weighted by Gasteiger charge is -2.22. The number of hydrogen-bond donors (Lipinski definition) is 2. The van der Waals surface area contributed by atoms with Crippen LogP contribution in [-0.4, -0.2) is 30.9 Å². The number of nitrogens with zero attached hydrogens (tertiary/aromatic N) is 1. The minimum Gasteiger partial charge on any atom is -0.506 e. The first-order chi connectivity index (χ1) is 7.75. The number of nitrogens with one attached hydrogen (secondary N) is 1. The van der Waals surface area contributed by atoms with Crippen LogP contribution in [0.3, 0.4) is 0 Å². The first kappa shape index (κ1) is 13.7. The van der Waals surface area contributed by atoms with Gasteiger partial charge in [-0.3, -0.25) is 4.72 Å². The maximum atomic E-state index is 13.3. The Balaban J connectivity index is 3.07. The van der Waals surface area contributed by atoms with Gasteiger partial charge >= 0.3 is 10.2 Å². The molecule has 1 rings (SSSR count). The van der Waals surface area contributed by atoms with Crippen molar-refractivity contribution in [2.24, 2.45) is 0 Å². The molecule has 2 N–H and O–H groups in total. The maximum Gasteiger partial charge on any atom is 0.301 e. The molecule has 0 bridgehead atoms. The number of halogens is 1. The van der Waals surface area contributed by atoms with Gasteiger partial charge in [0.25, 0.3) is 0 Å². The number of rotatable bonds is 4. The van der Waals surface area contributed by atoms with Gasteiger partial charge in [-0.25, -0.2) is 4.39 Å². The Hall–Kier alpha value is -1.34. The Morgan fingerprint density at radius 2 is 2.00 bits per heavy atom. The summed E-state index contributed by atoms with van der Waals surface area (Å²) < 4.78 is 40.0. The molecular weight excluding hydrogens is 247 g/mol. The molecule has 5 nitrogen and oxygen atoms in total. The zero-order chi connectivity index (χ0) is 13.2. The Morgan fingerprint density at radius 3 is 2.47 bits per heavy atom. The number of phenols is 1. The fourth-order valence-electron chi connectivity index (χ4n) is 1.09. The van der Waals surface area contributed by atoms with E-state index in [1.165, 1.54) is 19.2 Å². The summed E-state index contributed by atoms with van der Waals surface area (Å²) >= 11 is 0. The second-order valence-corrected chi connectivity index (χ2v) is 5.58. The van der Waals surface area contributed by atoms with Crippen molar-refractivity contribution in [1.82, 2.24) is 4.31 Å². The molecule has 0 saturated heterocycles. The van der Waals surface area contributed by atoms with Gasteiger partial charge in [-0.2, -0.15) is 12.7 Å². The van der Waals surface area contributed by atoms with E-state index in [4.69, 9.17) is 0 Å². The van der Waals surface area contributed by atoms with Crippen LogP contribution < -0.4 is 4.72 Å². The summed E-state index contributed by atoms with van der Waals surface area (Å²) in [7, 11) is -2.51. The molecule has 0 spiro atoms. The van der Waals surface area contributed by atoms with Crippen molar-refractivity contribution in [3.8, 4) is 5.75 Å². The van der Waals surface area contributed by atoms with E-state index in [2.05, 4.69) is 0 Å². The van der Waals surface area contributed by atoms with Crippen LogP contribution >= 0.6 is 0 Å². The highest BCUT2D eigenvalue weighted by Crippen LogP contribution is 2.27. The Kier molecular flexibility index (Phi) is 3.94. The average Bonchev–Trinajstić information content (AvgIpc) is 2.22. The van der Waals surface area contributed by atoms with Crippen LogP contribution in [-0.2, 0) is 10.2 Å². The van der Waals surface area contributed by atoms with E-state index in [0.717, 1.165) is 10.4 Å². The molecular formula is C10H15FN2O3S. The van der Waals surface area contributed by atoms with E-state index in [1.54, 1.807) is 13.8 Å². The lowest BCUT2D eigenvalue weighted by molar-refractivity contribution is 0.413. The van der Waals surface area contributed by atoms with Gasteiger partial charge in [0, 0.05) is 13.1 Å². The average molecular weight is 262 g/mol. The lowest BCUT2D eigenvalue weighted by atomic mass is 10.3. The number of hydrogen-bond acceptors (Lipinski definition) is 3. The summed E-state index contributed by atoms with van der Waals surface area (Å²) in [5.74, 6) is -1.28. The zero-order valence-electron chi connectivity index (χ0n) is 9.81. The number of phenolic OH excluding ortho intramolecular Hbond substituents is 1. The topological polar surface area (TPSA) is 69.6 Å². The summed E-state index contributed by atoms with van der Waals surface area (Å²) in [4.78, 5) is 0. The van der Waals surface area contributed by atoms with Crippen molar-refractivity contribution in [3.63, 3.8) is 0 Å². The van der Waals surface area contributed by atoms with E-state index in [1.807, 2.05) is 4.72 Å². The van der Waals surface area contributed by atoms with Crippen molar-refractivity contribution in [2.75, 3.05) is 11.8 Å². The molecule has 0 atom stereocenters. The van der Waals surface area contributed by atoms with Crippen molar-refractivity contribution in [2.45, 2.75) is 19.9 Å². The molecule has 0 aliphatic heterocycles. The van der Waals surface area contributed by atoms with Crippen LogP contribution in [0.5, 0.6) is 5.75 Å². The van der Waals surface area contributed by atoms with E-state index >= 15 is 0 Å². The molecule has 96 valence electrons. The third-order valence-corrected chi connectivity index (χ3v) is 3.97. The second kappa shape index (κ2) is 4.89. The maximum absolute atomic E-state index is 13.3. The minimum atomic E-state index is -3.87. The largest absolute Gasteiger partial charge is 0.506 e. The molecule has 0 amide bonds. The minimum absolute atomic E-state index is 0.276. The van der Waals surface area contributed by atoms with Crippen molar-refractivity contribution < 1.29 is 17.9 Å². The smallest absolute Gasteiger partial charge is 0.301 e. The summed E-state index contributed by atoms with van der Waals surface area (Å²) in [6.07, 6.45) is 0. The standard InChI is InChI=1S/C10H15FN2O3S/c1-7(2)13(3)17(15,16)12-10-8(11)5-4-6-9(10)14/h4-7,12,14H,1-3H3. The molecule has 1 aromatic rings. The second-order valence-electron chi connectivity index (χ2n) is 3.85. The Morgan fingerprint density at radius 1 is 1.41 bits per heavy atom. The number of aromatic hydroxyl groups is 1. The van der Waals surface area contributed by atoms with Crippen LogP contribution in [0.15, 0.2) is 18.2 Å². The van der Waals surface area contributed by atoms with Gasteiger partial charge in [0.05, 0.1) is 0 Å². The molecule has 0 aliphatic rings. The number of benzene rings is 1. The van der Waals surface area contributed by atoms with E-state index < -0.39 is 27.5 Å². The fraction of sp³-hybridized carbons (Fsp3) is 0.400. The molecule has 7 heteroatoms. The molecule has 0 fully saturated rings. The third kappa shape index (κ3) is 3.07. The first-order valence-corrected chi connectivity index (χ1v) is 6.43. The molecule has 0 aromatic heterocycles. The van der Waals surface area contributed by atoms with Crippen LogP contribution in [0.2, 0.25) is 0 Å². The quantitative estimate of drug-likeness (QED) is 0.808. The van der Waals surface area contributed by atoms with Gasteiger partial charge in [-0.15, -0.1) is 0 Å². The fourth-order valence-corrected chi connectivity index (χ4v) is 2.25. The lowest BCUT2D eigenvalue weighted by Crippen LogP contribution is -2.37. The normalized spacial score (nSPS) is 12.1. The SMILES string of the molecule is CC(C)N(C)S(=O)(=O)Nc1c(O)cccc1F. The summed E-state index contributed by atoms with van der Waals surface area (Å²) in [5.41, 5.74) is -0.444. The highest BCUT2D eigenvalue weighted by atomic mass is 32.2. The van der Waals surface area contributed by atoms with E-state index in [0.29, 0.717) is 0 Å². The molecule has 0 aliphatic carbocycles. The monoisotopic (exact) mass is 262 g/mol. The molecule has 0 unspecified atom stereocenters. The van der Waals surface area contributed by atoms with Crippen LogP contribution in [0.25, 0.3) is 0 Å². The Bertz CT molecular complexity index is 482. The van der Waals surface area contributed by atoms with E-state index in [9.17, 15) is 17.9 Å². The van der Waals surface area contributed by atoms with Crippen molar-refractivity contribution in [3.05, 3.63) is 24.0 Å². The molecule has 0 heterocycles. The van der Waals surface area contributed by atoms with Crippen LogP contribution in [0.4, 0.5) is 10.1 Å². The van der Waals surface area contributed by atoms with Crippen molar-refractivity contribution >= 4 is 15.9 Å². The van der Waals surface area contributed by atoms with Crippen molar-refractivity contribution in [1.29, 1.82) is 0 Å². The summed E-state index contributed by atoms with van der Waals surface area (Å²) in [6.45, 7) is 3.36. The molecule has 0 saturated carbocycles. The number of anilines is 1. The first-order valence-electron chi connectivity index (χ1n) is 4.99. The van der Waals surface area contributed by atoms with Gasteiger partial charge < -0.3 is 5.11 Å². The Labute approximate surface area is 100 Å². The van der Waals surface area contributed by atoms with Gasteiger partial charge in [-0.1, -0.05) is 6.07 Å².